The zero-order valence-electron chi connectivity index (χ0n) is 12.5. The molecule has 0 amide bonds. The van der Waals surface area contributed by atoms with E-state index in [9.17, 15) is 13.2 Å². The van der Waals surface area contributed by atoms with Crippen molar-refractivity contribution >= 4 is 27.4 Å². The maximum Gasteiger partial charge on any atom is 0.273 e. The number of hydrogen-bond acceptors (Lipinski definition) is 8. The van der Waals surface area contributed by atoms with Crippen LogP contribution in [0.25, 0.3) is 5.78 Å². The molecule has 23 heavy (non-hydrogen) atoms. The van der Waals surface area contributed by atoms with Crippen LogP contribution < -0.4 is 5.56 Å². The van der Waals surface area contributed by atoms with Gasteiger partial charge in [0.2, 0.25) is 5.16 Å². The Bertz CT molecular complexity index is 1050. The molecular formula is C12H13N5O4S2. The largest absolute Gasteiger partial charge is 0.464 e. The summed E-state index contributed by atoms with van der Waals surface area (Å²) in [6.45, 7) is 3.19. The molecule has 0 aliphatic heterocycles. The lowest BCUT2D eigenvalue weighted by molar-refractivity contribution is 0.493. The normalized spacial score (nSPS) is 12.1. The summed E-state index contributed by atoms with van der Waals surface area (Å²) in [6, 6.07) is 1.50. The van der Waals surface area contributed by atoms with Crippen molar-refractivity contribution in [2.75, 3.05) is 6.26 Å². The molecule has 0 saturated heterocycles. The van der Waals surface area contributed by atoms with Crippen LogP contribution in [0.5, 0.6) is 0 Å². The molecule has 122 valence electrons. The highest BCUT2D eigenvalue weighted by Crippen LogP contribution is 2.26. The minimum absolute atomic E-state index is 0.178. The predicted octanol–water partition coefficient (Wildman–Crippen LogP) is 0.718. The Hall–Kier alpha value is -2.14. The van der Waals surface area contributed by atoms with Gasteiger partial charge in [-0.25, -0.2) is 8.42 Å². The van der Waals surface area contributed by atoms with Gasteiger partial charge in [-0.2, -0.15) is 9.61 Å². The first-order valence-electron chi connectivity index (χ1n) is 6.50. The fraction of sp³-hybridized carbons (Fsp3) is 0.333. The Morgan fingerprint density at radius 1 is 1.35 bits per heavy atom. The van der Waals surface area contributed by atoms with Crippen molar-refractivity contribution in [3.05, 3.63) is 33.6 Å². The van der Waals surface area contributed by atoms with E-state index in [1.807, 2.05) is 0 Å². The summed E-state index contributed by atoms with van der Waals surface area (Å²) < 4.78 is 30.1. The van der Waals surface area contributed by atoms with E-state index in [0.29, 0.717) is 28.1 Å². The Morgan fingerprint density at radius 2 is 2.09 bits per heavy atom. The van der Waals surface area contributed by atoms with Gasteiger partial charge in [0.25, 0.3) is 11.3 Å². The fourth-order valence-corrected chi connectivity index (χ4v) is 3.68. The Kier molecular flexibility index (Phi) is 3.76. The third-order valence-corrected chi connectivity index (χ3v) is 5.23. The van der Waals surface area contributed by atoms with Crippen LogP contribution in [0, 0.1) is 13.8 Å². The van der Waals surface area contributed by atoms with Gasteiger partial charge in [0.15, 0.2) is 9.84 Å². The predicted molar refractivity (Wildman–Crippen MR) is 82.3 cm³/mol. The van der Waals surface area contributed by atoms with Gasteiger partial charge in [0.05, 0.1) is 5.75 Å². The molecule has 11 heteroatoms. The first-order valence-corrected chi connectivity index (χ1v) is 9.38. The highest BCUT2D eigenvalue weighted by Gasteiger charge is 2.18. The molecule has 1 N–H and O–H groups in total. The van der Waals surface area contributed by atoms with Crippen LogP contribution in [0.2, 0.25) is 0 Å². The number of aryl methyl sites for hydroxylation is 2. The summed E-state index contributed by atoms with van der Waals surface area (Å²) in [6.07, 6.45) is 1.14. The van der Waals surface area contributed by atoms with E-state index in [1.165, 1.54) is 22.3 Å². The van der Waals surface area contributed by atoms with Crippen molar-refractivity contribution in [1.29, 1.82) is 0 Å². The summed E-state index contributed by atoms with van der Waals surface area (Å²) in [5.41, 5.74) is -0.0201. The molecule has 3 aromatic rings. The second-order valence-corrected chi connectivity index (χ2v) is 7.88. The maximum atomic E-state index is 11.6. The van der Waals surface area contributed by atoms with Gasteiger partial charge in [0.1, 0.15) is 22.1 Å². The van der Waals surface area contributed by atoms with Crippen LogP contribution in [-0.2, 0) is 15.6 Å². The van der Waals surface area contributed by atoms with E-state index >= 15 is 0 Å². The third kappa shape index (κ3) is 3.01. The fourth-order valence-electron chi connectivity index (χ4n) is 2.01. The van der Waals surface area contributed by atoms with Crippen molar-refractivity contribution in [2.24, 2.45) is 0 Å². The molecule has 0 aliphatic rings. The first kappa shape index (κ1) is 15.7. The van der Waals surface area contributed by atoms with Crippen LogP contribution >= 0.6 is 11.8 Å². The van der Waals surface area contributed by atoms with Gasteiger partial charge >= 0.3 is 0 Å². The highest BCUT2D eigenvalue weighted by atomic mass is 32.2. The van der Waals surface area contributed by atoms with Crippen molar-refractivity contribution in [3.8, 4) is 0 Å². The smallest absolute Gasteiger partial charge is 0.273 e. The monoisotopic (exact) mass is 355 g/mol. The minimum atomic E-state index is -3.32. The summed E-state index contributed by atoms with van der Waals surface area (Å²) in [7, 11) is -3.32. The second-order valence-electron chi connectivity index (χ2n) is 4.95. The molecule has 0 bridgehead atoms. The molecule has 0 aromatic carbocycles. The number of fused-ring (bicyclic) bond motifs is 1. The standard InChI is InChI=1S/C12H13N5O4S2/c1-6-10(18)13-11-14-15-12(17(11)16-6)22-5-8-4-9(7(2)21-8)23(3,19)20/h4H,5H2,1-3H3,(H,13,14,18). The molecular weight excluding hydrogens is 342 g/mol. The number of rotatable bonds is 4. The molecule has 0 saturated carbocycles. The zero-order chi connectivity index (χ0) is 16.8. The number of thioether (sulfide) groups is 1. The number of aromatic amines is 1. The second kappa shape index (κ2) is 5.49. The first-order chi connectivity index (χ1) is 10.8. The van der Waals surface area contributed by atoms with Gasteiger partial charge < -0.3 is 4.42 Å². The number of hydrogen-bond donors (Lipinski definition) is 1. The lowest BCUT2D eigenvalue weighted by Gasteiger charge is -1.98. The van der Waals surface area contributed by atoms with Gasteiger partial charge in [-0.1, -0.05) is 11.8 Å². The summed E-state index contributed by atoms with van der Waals surface area (Å²) in [5, 5.41) is 12.4. The minimum Gasteiger partial charge on any atom is -0.464 e. The number of H-pyrrole nitrogens is 1. The topological polar surface area (TPSA) is 123 Å². The number of nitrogens with one attached hydrogen (secondary N) is 1. The van der Waals surface area contributed by atoms with Crippen molar-refractivity contribution in [1.82, 2.24) is 24.8 Å². The highest BCUT2D eigenvalue weighted by molar-refractivity contribution is 7.98. The third-order valence-electron chi connectivity index (χ3n) is 3.08. The van der Waals surface area contributed by atoms with E-state index in [1.54, 1.807) is 13.8 Å². The quantitative estimate of drug-likeness (QED) is 0.679. The zero-order valence-corrected chi connectivity index (χ0v) is 14.2. The molecule has 3 aromatic heterocycles. The van der Waals surface area contributed by atoms with Crippen LogP contribution in [0.15, 0.2) is 25.3 Å². The van der Waals surface area contributed by atoms with Gasteiger partial charge in [-0.3, -0.25) is 9.78 Å². The molecule has 3 rings (SSSR count). The van der Waals surface area contributed by atoms with E-state index < -0.39 is 9.84 Å². The molecule has 3 heterocycles. The maximum absolute atomic E-state index is 11.6. The van der Waals surface area contributed by atoms with Crippen LogP contribution in [0.1, 0.15) is 17.2 Å². The van der Waals surface area contributed by atoms with Crippen LogP contribution in [-0.4, -0.2) is 39.5 Å². The molecule has 0 spiro atoms. The van der Waals surface area contributed by atoms with Gasteiger partial charge in [-0.15, -0.1) is 10.2 Å². The summed E-state index contributed by atoms with van der Waals surface area (Å²) >= 11 is 1.27. The van der Waals surface area contributed by atoms with E-state index in [-0.39, 0.29) is 16.2 Å². The Labute approximate surface area is 135 Å². The van der Waals surface area contributed by atoms with Gasteiger partial charge in [0, 0.05) is 6.26 Å². The summed E-state index contributed by atoms with van der Waals surface area (Å²) in [5.74, 6) is 1.46. The number of furan rings is 1. The number of aromatic nitrogens is 5. The van der Waals surface area contributed by atoms with E-state index in [4.69, 9.17) is 4.42 Å². The van der Waals surface area contributed by atoms with Crippen molar-refractivity contribution < 1.29 is 12.8 Å². The van der Waals surface area contributed by atoms with Crippen LogP contribution in [0.4, 0.5) is 0 Å². The molecule has 0 aliphatic carbocycles. The SMILES string of the molecule is Cc1oc(CSc2nnc3[nH]c(=O)c(C)nn23)cc1S(C)(=O)=O. The van der Waals surface area contributed by atoms with Crippen molar-refractivity contribution in [2.45, 2.75) is 29.7 Å². The molecule has 9 nitrogen and oxygen atoms in total. The van der Waals surface area contributed by atoms with Crippen molar-refractivity contribution in [3.63, 3.8) is 0 Å². The average Bonchev–Trinajstić information content (AvgIpc) is 3.00. The van der Waals surface area contributed by atoms with Gasteiger partial charge in [-0.05, 0) is 19.9 Å². The van der Waals surface area contributed by atoms with E-state index in [2.05, 4.69) is 20.3 Å². The Balaban J connectivity index is 1.87. The summed E-state index contributed by atoms with van der Waals surface area (Å²) in [4.78, 5) is 14.2. The average molecular weight is 355 g/mol. The molecule has 0 atom stereocenters. The molecule has 0 fully saturated rings. The van der Waals surface area contributed by atoms with Crippen LogP contribution in [0.3, 0.4) is 0 Å². The Morgan fingerprint density at radius 3 is 2.74 bits per heavy atom. The van der Waals surface area contributed by atoms with E-state index in [0.717, 1.165) is 6.26 Å². The number of sulfone groups is 1. The molecule has 0 radical (unpaired) electrons. The molecule has 0 unspecified atom stereocenters. The number of nitrogens with zero attached hydrogens (tertiary/aromatic N) is 4. The lowest BCUT2D eigenvalue weighted by atomic mass is 10.4. The lowest BCUT2D eigenvalue weighted by Crippen LogP contribution is -2.15.